The first-order chi connectivity index (χ1) is 6.31. The molecule has 0 saturated carbocycles. The lowest BCUT2D eigenvalue weighted by Crippen LogP contribution is -2.11. The zero-order chi connectivity index (χ0) is 9.26. The summed E-state index contributed by atoms with van der Waals surface area (Å²) in [5.41, 5.74) is 2.61. The lowest BCUT2D eigenvalue weighted by Gasteiger charge is -2.09. The third-order valence-electron chi connectivity index (χ3n) is 2.62. The number of hydrogen-bond donors (Lipinski definition) is 2. The topological polar surface area (TPSA) is 32.3 Å². The van der Waals surface area contributed by atoms with Crippen molar-refractivity contribution in [2.75, 3.05) is 0 Å². The van der Waals surface area contributed by atoms with Gasteiger partial charge in [0.1, 0.15) is 5.75 Å². The smallest absolute Gasteiger partial charge is 0.115 e. The largest absolute Gasteiger partial charge is 0.508 e. The molecule has 1 aliphatic heterocycles. The van der Waals surface area contributed by atoms with Gasteiger partial charge in [-0.05, 0) is 29.7 Å². The van der Waals surface area contributed by atoms with Crippen LogP contribution in [0, 0.1) is 0 Å². The zero-order valence-electron chi connectivity index (χ0n) is 7.88. The maximum absolute atomic E-state index is 9.28. The summed E-state index contributed by atoms with van der Waals surface area (Å²) in [4.78, 5) is 0. The first kappa shape index (κ1) is 8.57. The van der Waals surface area contributed by atoms with Gasteiger partial charge in [0.05, 0.1) is 0 Å². The normalized spacial score (nSPS) is 20.2. The number of phenolic OH excluding ortho intramolecular Hbond substituents is 1. The molecule has 2 nitrogen and oxygen atoms in total. The molecule has 2 rings (SSSR count). The van der Waals surface area contributed by atoms with Gasteiger partial charge >= 0.3 is 0 Å². The van der Waals surface area contributed by atoms with Crippen molar-refractivity contribution in [1.29, 1.82) is 0 Å². The summed E-state index contributed by atoms with van der Waals surface area (Å²) in [5, 5.41) is 12.7. The van der Waals surface area contributed by atoms with E-state index in [1.807, 2.05) is 12.1 Å². The van der Waals surface area contributed by atoms with E-state index in [-0.39, 0.29) is 0 Å². The molecule has 13 heavy (non-hydrogen) atoms. The third-order valence-corrected chi connectivity index (χ3v) is 2.62. The summed E-state index contributed by atoms with van der Waals surface area (Å²) in [7, 11) is 0. The number of hydrogen-bond acceptors (Lipinski definition) is 2. The molecular weight excluding hydrogens is 162 g/mol. The van der Waals surface area contributed by atoms with Crippen LogP contribution < -0.4 is 5.32 Å². The van der Waals surface area contributed by atoms with Crippen LogP contribution in [-0.4, -0.2) is 5.11 Å². The Morgan fingerprint density at radius 1 is 1.54 bits per heavy atom. The molecule has 0 aliphatic carbocycles. The number of nitrogens with one attached hydrogen (secondary N) is 1. The van der Waals surface area contributed by atoms with E-state index in [9.17, 15) is 5.11 Å². The van der Waals surface area contributed by atoms with E-state index in [2.05, 4.69) is 12.2 Å². The molecule has 0 amide bonds. The summed E-state index contributed by atoms with van der Waals surface area (Å²) in [6.45, 7) is 3.09. The number of fused-ring (bicyclic) bond motifs is 1. The Hall–Kier alpha value is -1.02. The number of phenols is 1. The molecule has 70 valence electrons. The summed E-state index contributed by atoms with van der Waals surface area (Å²) < 4.78 is 0. The van der Waals surface area contributed by atoms with Crippen molar-refractivity contribution in [3.05, 3.63) is 29.3 Å². The fourth-order valence-electron chi connectivity index (χ4n) is 1.97. The van der Waals surface area contributed by atoms with Crippen LogP contribution in [0.1, 0.15) is 36.9 Å². The predicted molar refractivity (Wildman–Crippen MR) is 52.6 cm³/mol. The van der Waals surface area contributed by atoms with Crippen LogP contribution in [0.15, 0.2) is 18.2 Å². The van der Waals surface area contributed by atoms with Crippen LogP contribution in [0.3, 0.4) is 0 Å². The second-order valence-electron chi connectivity index (χ2n) is 3.61. The van der Waals surface area contributed by atoms with Crippen LogP contribution in [-0.2, 0) is 6.54 Å². The number of benzene rings is 1. The van der Waals surface area contributed by atoms with E-state index < -0.39 is 0 Å². The molecule has 0 aromatic heterocycles. The molecule has 1 aromatic rings. The maximum atomic E-state index is 9.28. The van der Waals surface area contributed by atoms with Crippen molar-refractivity contribution in [3.8, 4) is 5.75 Å². The van der Waals surface area contributed by atoms with Crippen LogP contribution in [0.2, 0.25) is 0 Å². The molecule has 1 atom stereocenters. The average Bonchev–Trinajstić information content (AvgIpc) is 2.49. The lowest BCUT2D eigenvalue weighted by atomic mass is 10.0. The van der Waals surface area contributed by atoms with Gasteiger partial charge in [0.15, 0.2) is 0 Å². The summed E-state index contributed by atoms with van der Waals surface area (Å²) >= 11 is 0. The molecule has 2 heteroatoms. The monoisotopic (exact) mass is 177 g/mol. The Bertz CT molecular complexity index is 309. The zero-order valence-corrected chi connectivity index (χ0v) is 7.88. The van der Waals surface area contributed by atoms with Crippen molar-refractivity contribution in [3.63, 3.8) is 0 Å². The Morgan fingerprint density at radius 3 is 3.15 bits per heavy atom. The standard InChI is InChI=1S/C11H15NO/c1-2-3-11-10-5-4-9(13)6-8(10)7-12-11/h4-6,11-13H,2-3,7H2,1H3. The Labute approximate surface area is 78.6 Å². The van der Waals surface area contributed by atoms with E-state index in [4.69, 9.17) is 0 Å². The molecule has 0 bridgehead atoms. The van der Waals surface area contributed by atoms with E-state index in [0.717, 1.165) is 6.54 Å². The average molecular weight is 177 g/mol. The van der Waals surface area contributed by atoms with Gasteiger partial charge in [0.2, 0.25) is 0 Å². The van der Waals surface area contributed by atoms with Crippen LogP contribution in [0.25, 0.3) is 0 Å². The molecule has 1 aliphatic rings. The highest BCUT2D eigenvalue weighted by atomic mass is 16.3. The highest BCUT2D eigenvalue weighted by Gasteiger charge is 2.20. The maximum Gasteiger partial charge on any atom is 0.115 e. The van der Waals surface area contributed by atoms with Crippen molar-refractivity contribution in [2.24, 2.45) is 0 Å². The fourth-order valence-corrected chi connectivity index (χ4v) is 1.97. The summed E-state index contributed by atoms with van der Waals surface area (Å²) in [6.07, 6.45) is 2.37. The highest BCUT2D eigenvalue weighted by molar-refractivity contribution is 5.39. The van der Waals surface area contributed by atoms with Gasteiger partial charge in [-0.3, -0.25) is 0 Å². The molecular formula is C11H15NO. The van der Waals surface area contributed by atoms with E-state index in [1.165, 1.54) is 24.0 Å². The second-order valence-corrected chi connectivity index (χ2v) is 3.61. The Balaban J connectivity index is 2.27. The van der Waals surface area contributed by atoms with E-state index >= 15 is 0 Å². The minimum absolute atomic E-state index is 0.373. The first-order valence-corrected chi connectivity index (χ1v) is 4.86. The van der Waals surface area contributed by atoms with Crippen molar-refractivity contribution >= 4 is 0 Å². The molecule has 0 fully saturated rings. The Morgan fingerprint density at radius 2 is 2.38 bits per heavy atom. The van der Waals surface area contributed by atoms with E-state index in [0.29, 0.717) is 11.8 Å². The number of rotatable bonds is 2. The van der Waals surface area contributed by atoms with Crippen molar-refractivity contribution in [2.45, 2.75) is 32.4 Å². The molecule has 1 unspecified atom stereocenters. The molecule has 0 saturated heterocycles. The molecule has 2 N–H and O–H groups in total. The van der Waals surface area contributed by atoms with Crippen LogP contribution >= 0.6 is 0 Å². The van der Waals surface area contributed by atoms with Crippen molar-refractivity contribution < 1.29 is 5.11 Å². The summed E-state index contributed by atoms with van der Waals surface area (Å²) in [6, 6.07) is 6.16. The lowest BCUT2D eigenvalue weighted by molar-refractivity contribution is 0.474. The summed E-state index contributed by atoms with van der Waals surface area (Å²) in [5.74, 6) is 0.373. The SMILES string of the molecule is CCCC1NCc2cc(O)ccc21. The molecule has 0 spiro atoms. The fraction of sp³-hybridized carbons (Fsp3) is 0.455. The quantitative estimate of drug-likeness (QED) is 0.726. The predicted octanol–water partition coefficient (Wildman–Crippen LogP) is 2.34. The Kier molecular flexibility index (Phi) is 2.23. The van der Waals surface area contributed by atoms with Gasteiger partial charge in [-0.15, -0.1) is 0 Å². The van der Waals surface area contributed by atoms with Crippen LogP contribution in [0.4, 0.5) is 0 Å². The highest BCUT2D eigenvalue weighted by Crippen LogP contribution is 2.30. The van der Waals surface area contributed by atoms with Gasteiger partial charge < -0.3 is 10.4 Å². The van der Waals surface area contributed by atoms with Gasteiger partial charge in [-0.2, -0.15) is 0 Å². The second kappa shape index (κ2) is 3.38. The third kappa shape index (κ3) is 1.54. The van der Waals surface area contributed by atoms with Gasteiger partial charge in [-0.1, -0.05) is 19.4 Å². The molecule has 1 aromatic carbocycles. The minimum atomic E-state index is 0.373. The molecule has 1 heterocycles. The molecule has 0 radical (unpaired) electrons. The van der Waals surface area contributed by atoms with Gasteiger partial charge in [0, 0.05) is 12.6 Å². The van der Waals surface area contributed by atoms with E-state index in [1.54, 1.807) is 6.07 Å². The van der Waals surface area contributed by atoms with Crippen LogP contribution in [0.5, 0.6) is 5.75 Å². The van der Waals surface area contributed by atoms with Gasteiger partial charge in [-0.25, -0.2) is 0 Å². The number of aromatic hydroxyl groups is 1. The minimum Gasteiger partial charge on any atom is -0.508 e. The van der Waals surface area contributed by atoms with Gasteiger partial charge in [0.25, 0.3) is 0 Å². The first-order valence-electron chi connectivity index (χ1n) is 4.86. The van der Waals surface area contributed by atoms with Crippen molar-refractivity contribution in [1.82, 2.24) is 5.32 Å².